The van der Waals surface area contributed by atoms with Crippen molar-refractivity contribution in [2.75, 3.05) is 19.0 Å². The van der Waals surface area contributed by atoms with Crippen LogP contribution in [0.3, 0.4) is 0 Å². The molecule has 0 atom stereocenters. The molecular weight excluding hydrogens is 577 g/mol. The minimum Gasteiger partial charge on any atom is -0.493 e. The standard InChI is InChI=1S/C27H19BrFN3O5S/c1-36-22-11-18(10-21(28)25(22)37-15-17-4-2-16(13-30)3-5-17)12-23-26(34)32(27(35)38-23)14-24(33)31-20-8-6-19(29)7-9-20/h2-12H,14-15H2,1H3,(H,31,33)/b23-12+. The van der Waals surface area contributed by atoms with Crippen LogP contribution in [0.4, 0.5) is 14.9 Å². The van der Waals surface area contributed by atoms with Crippen molar-refractivity contribution in [2.45, 2.75) is 6.61 Å². The number of nitrogens with zero attached hydrogens (tertiary/aromatic N) is 2. The number of hydrogen-bond acceptors (Lipinski definition) is 7. The Morgan fingerprint density at radius 1 is 1.16 bits per heavy atom. The number of ether oxygens (including phenoxy) is 2. The van der Waals surface area contributed by atoms with Gasteiger partial charge in [0.2, 0.25) is 5.91 Å². The first-order chi connectivity index (χ1) is 18.3. The van der Waals surface area contributed by atoms with Crippen LogP contribution in [0.5, 0.6) is 11.5 Å². The molecule has 0 aromatic heterocycles. The maximum absolute atomic E-state index is 13.1. The van der Waals surface area contributed by atoms with Gasteiger partial charge < -0.3 is 14.8 Å². The normalized spacial score (nSPS) is 13.9. The second-order valence-corrected chi connectivity index (χ2v) is 9.80. The maximum atomic E-state index is 13.1. The summed E-state index contributed by atoms with van der Waals surface area (Å²) in [5.74, 6) is -0.802. The summed E-state index contributed by atoms with van der Waals surface area (Å²) in [7, 11) is 1.48. The van der Waals surface area contributed by atoms with E-state index in [1.165, 1.54) is 37.5 Å². The summed E-state index contributed by atoms with van der Waals surface area (Å²) < 4.78 is 25.0. The van der Waals surface area contributed by atoms with Crippen LogP contribution in [0.2, 0.25) is 0 Å². The highest BCUT2D eigenvalue weighted by Crippen LogP contribution is 2.39. The average molecular weight is 596 g/mol. The van der Waals surface area contributed by atoms with Crippen molar-refractivity contribution >= 4 is 56.5 Å². The van der Waals surface area contributed by atoms with Gasteiger partial charge in [-0.1, -0.05) is 12.1 Å². The van der Waals surface area contributed by atoms with Crippen molar-refractivity contribution < 1.29 is 28.2 Å². The molecule has 0 saturated carbocycles. The molecule has 0 spiro atoms. The summed E-state index contributed by atoms with van der Waals surface area (Å²) >= 11 is 4.19. The van der Waals surface area contributed by atoms with E-state index in [-0.39, 0.29) is 11.5 Å². The molecule has 0 unspecified atom stereocenters. The van der Waals surface area contributed by atoms with E-state index in [9.17, 15) is 18.8 Å². The molecule has 1 heterocycles. The van der Waals surface area contributed by atoms with E-state index in [0.29, 0.717) is 32.8 Å². The largest absolute Gasteiger partial charge is 0.493 e. The average Bonchev–Trinajstić information content (AvgIpc) is 3.16. The molecule has 3 aromatic carbocycles. The highest BCUT2D eigenvalue weighted by Gasteiger charge is 2.36. The van der Waals surface area contributed by atoms with Crippen LogP contribution < -0.4 is 14.8 Å². The van der Waals surface area contributed by atoms with Crippen LogP contribution in [-0.2, 0) is 16.2 Å². The lowest BCUT2D eigenvalue weighted by Gasteiger charge is -2.14. The summed E-state index contributed by atoms with van der Waals surface area (Å²) in [6.45, 7) is -0.243. The molecule has 8 nitrogen and oxygen atoms in total. The number of benzene rings is 3. The van der Waals surface area contributed by atoms with Gasteiger partial charge in [0.15, 0.2) is 11.5 Å². The van der Waals surface area contributed by atoms with E-state index >= 15 is 0 Å². The van der Waals surface area contributed by atoms with Gasteiger partial charge in [-0.15, -0.1) is 0 Å². The van der Waals surface area contributed by atoms with E-state index in [1.54, 1.807) is 36.4 Å². The van der Waals surface area contributed by atoms with Gasteiger partial charge in [-0.25, -0.2) is 4.39 Å². The topological polar surface area (TPSA) is 109 Å². The lowest BCUT2D eigenvalue weighted by Crippen LogP contribution is -2.36. The molecule has 192 valence electrons. The predicted octanol–water partition coefficient (Wildman–Crippen LogP) is 5.72. The van der Waals surface area contributed by atoms with Crippen LogP contribution in [0.25, 0.3) is 6.08 Å². The van der Waals surface area contributed by atoms with Gasteiger partial charge >= 0.3 is 0 Å². The van der Waals surface area contributed by atoms with Crippen LogP contribution in [0.1, 0.15) is 16.7 Å². The Morgan fingerprint density at radius 3 is 2.53 bits per heavy atom. The molecular formula is C27H19BrFN3O5S. The van der Waals surface area contributed by atoms with Crippen LogP contribution in [0.15, 0.2) is 70.0 Å². The van der Waals surface area contributed by atoms with Gasteiger partial charge in [-0.2, -0.15) is 5.26 Å². The highest BCUT2D eigenvalue weighted by molar-refractivity contribution is 9.10. The summed E-state index contributed by atoms with van der Waals surface area (Å²) in [4.78, 5) is 38.6. The van der Waals surface area contributed by atoms with Crippen molar-refractivity contribution in [3.63, 3.8) is 0 Å². The second-order valence-electron chi connectivity index (χ2n) is 7.95. The Hall–Kier alpha value is -4.14. The Labute approximate surface area is 230 Å². The fraction of sp³-hybridized carbons (Fsp3) is 0.111. The Kier molecular flexibility index (Phi) is 8.45. The fourth-order valence-corrected chi connectivity index (χ4v) is 4.87. The van der Waals surface area contributed by atoms with Gasteiger partial charge in [0.1, 0.15) is 19.0 Å². The first kappa shape index (κ1) is 26.9. The summed E-state index contributed by atoms with van der Waals surface area (Å²) in [5.41, 5.74) is 2.33. The van der Waals surface area contributed by atoms with Crippen molar-refractivity contribution in [2.24, 2.45) is 0 Å². The van der Waals surface area contributed by atoms with E-state index in [4.69, 9.17) is 14.7 Å². The minimum absolute atomic E-state index is 0.143. The molecule has 0 radical (unpaired) electrons. The van der Waals surface area contributed by atoms with E-state index < -0.39 is 29.4 Å². The van der Waals surface area contributed by atoms with Gasteiger partial charge in [-0.05, 0) is 93.4 Å². The molecule has 3 aromatic rings. The van der Waals surface area contributed by atoms with Crippen molar-refractivity contribution in [1.29, 1.82) is 5.26 Å². The number of carbonyl (C=O) groups excluding carboxylic acids is 3. The number of carbonyl (C=O) groups is 3. The number of anilines is 1. The smallest absolute Gasteiger partial charge is 0.294 e. The third-order valence-electron chi connectivity index (χ3n) is 5.32. The molecule has 1 aliphatic rings. The molecule has 11 heteroatoms. The molecule has 38 heavy (non-hydrogen) atoms. The second kappa shape index (κ2) is 11.9. The summed E-state index contributed by atoms with van der Waals surface area (Å²) in [6.07, 6.45) is 1.53. The van der Waals surface area contributed by atoms with Crippen molar-refractivity contribution in [1.82, 2.24) is 4.90 Å². The van der Waals surface area contributed by atoms with Gasteiger partial charge in [0.25, 0.3) is 11.1 Å². The molecule has 0 bridgehead atoms. The van der Waals surface area contributed by atoms with E-state index in [0.717, 1.165) is 22.2 Å². The monoisotopic (exact) mass is 595 g/mol. The van der Waals surface area contributed by atoms with E-state index in [1.807, 2.05) is 0 Å². The molecule has 3 amide bonds. The van der Waals surface area contributed by atoms with Crippen LogP contribution in [0, 0.1) is 17.1 Å². The fourth-order valence-electron chi connectivity index (χ4n) is 3.46. The third-order valence-corrected chi connectivity index (χ3v) is 6.82. The van der Waals surface area contributed by atoms with Gasteiger partial charge in [0, 0.05) is 5.69 Å². The lowest BCUT2D eigenvalue weighted by atomic mass is 10.1. The van der Waals surface area contributed by atoms with Crippen molar-refractivity contribution in [3.05, 3.63) is 92.5 Å². The number of thioether (sulfide) groups is 1. The maximum Gasteiger partial charge on any atom is 0.294 e. The predicted molar refractivity (Wildman–Crippen MR) is 144 cm³/mol. The third kappa shape index (κ3) is 6.40. The zero-order valence-corrected chi connectivity index (χ0v) is 22.3. The molecule has 1 N–H and O–H groups in total. The Bertz CT molecular complexity index is 1470. The number of amides is 3. The first-order valence-electron chi connectivity index (χ1n) is 11.1. The number of imide groups is 1. The van der Waals surface area contributed by atoms with Crippen LogP contribution >= 0.6 is 27.7 Å². The van der Waals surface area contributed by atoms with E-state index in [2.05, 4.69) is 27.3 Å². The quantitative estimate of drug-likeness (QED) is 0.331. The number of methoxy groups -OCH3 is 1. The van der Waals surface area contributed by atoms with Gasteiger partial charge in [0.05, 0.1) is 28.1 Å². The SMILES string of the molecule is COc1cc(/C=C2/SC(=O)N(CC(=O)Nc3ccc(F)cc3)C2=O)cc(Br)c1OCc1ccc(C#N)cc1. The highest BCUT2D eigenvalue weighted by atomic mass is 79.9. The summed E-state index contributed by atoms with van der Waals surface area (Å²) in [6, 6.07) is 17.6. The summed E-state index contributed by atoms with van der Waals surface area (Å²) in [5, 5.41) is 10.9. The molecule has 4 rings (SSSR count). The van der Waals surface area contributed by atoms with Crippen molar-refractivity contribution in [3.8, 4) is 17.6 Å². The number of hydrogen-bond donors (Lipinski definition) is 1. The Balaban J connectivity index is 1.45. The number of halogens is 2. The molecule has 0 aliphatic carbocycles. The number of rotatable bonds is 8. The zero-order chi connectivity index (χ0) is 27.2. The Morgan fingerprint density at radius 2 is 1.87 bits per heavy atom. The van der Waals surface area contributed by atoms with Crippen LogP contribution in [-0.4, -0.2) is 35.6 Å². The lowest BCUT2D eigenvalue weighted by molar-refractivity contribution is -0.127. The first-order valence-corrected chi connectivity index (χ1v) is 12.7. The molecule has 1 saturated heterocycles. The number of nitrogens with one attached hydrogen (secondary N) is 1. The molecule has 1 aliphatic heterocycles. The molecule has 1 fully saturated rings. The zero-order valence-electron chi connectivity index (χ0n) is 19.9. The minimum atomic E-state index is -0.606. The number of nitriles is 1. The van der Waals surface area contributed by atoms with Gasteiger partial charge in [-0.3, -0.25) is 19.3 Å².